The Morgan fingerprint density at radius 1 is 1.21 bits per heavy atom. The Labute approximate surface area is 169 Å². The zero-order chi connectivity index (χ0) is 20.1. The van der Waals surface area contributed by atoms with Gasteiger partial charge in [-0.1, -0.05) is 6.92 Å². The summed E-state index contributed by atoms with van der Waals surface area (Å²) >= 11 is 0. The van der Waals surface area contributed by atoms with Crippen molar-refractivity contribution in [3.63, 3.8) is 0 Å². The average molecular weight is 394 g/mol. The number of carbonyl (C=O) groups excluding carboxylic acids is 1. The highest BCUT2D eigenvalue weighted by Gasteiger charge is 2.38. The Morgan fingerprint density at radius 2 is 2.00 bits per heavy atom. The summed E-state index contributed by atoms with van der Waals surface area (Å²) in [4.78, 5) is 18.5. The van der Waals surface area contributed by atoms with E-state index < -0.39 is 0 Å². The van der Waals surface area contributed by atoms with Crippen LogP contribution in [0.25, 0.3) is 10.9 Å². The van der Waals surface area contributed by atoms with Gasteiger partial charge in [0.2, 0.25) is 0 Å². The Morgan fingerprint density at radius 3 is 2.66 bits per heavy atom. The molecule has 6 nitrogen and oxygen atoms in total. The molecule has 5 rings (SSSR count). The summed E-state index contributed by atoms with van der Waals surface area (Å²) in [6, 6.07) is 9.96. The quantitative estimate of drug-likeness (QED) is 0.630. The standard InChI is InChI=1S/C23H26N2O4/c1-13-10-16(13)20-8-6-15(29-20)12-25(14-4-5-14)23(26)19-11-17-18(24-19)7-9-21(27-2)22(17)28-3/h6-9,11,13-14,16,24H,4-5,10,12H2,1-3H3. The van der Waals surface area contributed by atoms with Gasteiger partial charge in [0.1, 0.15) is 17.2 Å². The number of amides is 1. The molecule has 3 aromatic rings. The fourth-order valence-corrected chi connectivity index (χ4v) is 4.12. The second kappa shape index (κ2) is 6.87. The molecule has 2 unspecified atom stereocenters. The molecule has 2 aliphatic carbocycles. The number of hydrogen-bond acceptors (Lipinski definition) is 4. The maximum Gasteiger partial charge on any atom is 0.270 e. The predicted molar refractivity (Wildman–Crippen MR) is 110 cm³/mol. The van der Waals surface area contributed by atoms with Gasteiger partial charge in [0, 0.05) is 17.3 Å². The zero-order valence-corrected chi connectivity index (χ0v) is 17.0. The van der Waals surface area contributed by atoms with E-state index in [2.05, 4.69) is 18.0 Å². The van der Waals surface area contributed by atoms with E-state index in [0.717, 1.165) is 35.3 Å². The molecule has 0 radical (unpaired) electrons. The molecule has 2 fully saturated rings. The fourth-order valence-electron chi connectivity index (χ4n) is 4.12. The monoisotopic (exact) mass is 394 g/mol. The molecular formula is C23H26N2O4. The summed E-state index contributed by atoms with van der Waals surface area (Å²) in [6.45, 7) is 2.74. The smallest absolute Gasteiger partial charge is 0.270 e. The highest BCUT2D eigenvalue weighted by atomic mass is 16.5. The van der Waals surface area contributed by atoms with Crippen molar-refractivity contribution in [1.29, 1.82) is 0 Å². The number of hydrogen-bond donors (Lipinski definition) is 1. The number of ether oxygens (including phenoxy) is 2. The first-order valence-electron chi connectivity index (χ1n) is 10.2. The van der Waals surface area contributed by atoms with Crippen molar-refractivity contribution in [2.45, 2.75) is 44.7 Å². The molecule has 2 aliphatic rings. The molecule has 29 heavy (non-hydrogen) atoms. The van der Waals surface area contributed by atoms with Gasteiger partial charge in [-0.15, -0.1) is 0 Å². The topological polar surface area (TPSA) is 67.7 Å². The highest BCUT2D eigenvalue weighted by Crippen LogP contribution is 2.47. The molecule has 0 bridgehead atoms. The molecule has 6 heteroatoms. The molecule has 0 aliphatic heterocycles. The van der Waals surface area contributed by atoms with Crippen LogP contribution >= 0.6 is 0 Å². The van der Waals surface area contributed by atoms with Crippen molar-refractivity contribution in [3.05, 3.63) is 47.5 Å². The number of rotatable bonds is 7. The van der Waals surface area contributed by atoms with Crippen LogP contribution < -0.4 is 9.47 Å². The van der Waals surface area contributed by atoms with Crippen LogP contribution in [-0.4, -0.2) is 36.1 Å². The largest absolute Gasteiger partial charge is 0.493 e. The summed E-state index contributed by atoms with van der Waals surface area (Å²) in [5.74, 6) is 4.43. The van der Waals surface area contributed by atoms with Gasteiger partial charge in [0.25, 0.3) is 5.91 Å². The second-order valence-corrected chi connectivity index (χ2v) is 8.23. The number of nitrogens with zero attached hydrogens (tertiary/aromatic N) is 1. The third kappa shape index (κ3) is 3.26. The molecule has 2 atom stereocenters. The lowest BCUT2D eigenvalue weighted by Crippen LogP contribution is -2.32. The highest BCUT2D eigenvalue weighted by molar-refractivity contribution is 6.00. The second-order valence-electron chi connectivity index (χ2n) is 8.23. The number of furan rings is 1. The number of H-pyrrole nitrogens is 1. The third-order valence-electron chi connectivity index (χ3n) is 6.10. The van der Waals surface area contributed by atoms with Crippen molar-refractivity contribution < 1.29 is 18.7 Å². The average Bonchev–Trinajstić information content (AvgIpc) is 3.61. The van der Waals surface area contributed by atoms with Gasteiger partial charge in [-0.3, -0.25) is 4.79 Å². The van der Waals surface area contributed by atoms with Crippen LogP contribution in [0.1, 0.15) is 54.1 Å². The van der Waals surface area contributed by atoms with Crippen LogP contribution in [-0.2, 0) is 6.54 Å². The summed E-state index contributed by atoms with van der Waals surface area (Å²) in [5, 5.41) is 0.842. The Balaban J connectivity index is 1.42. The summed E-state index contributed by atoms with van der Waals surface area (Å²) in [6.07, 6.45) is 3.27. The van der Waals surface area contributed by atoms with Crippen LogP contribution in [0, 0.1) is 5.92 Å². The molecule has 2 saturated carbocycles. The van der Waals surface area contributed by atoms with Crippen molar-refractivity contribution in [3.8, 4) is 11.5 Å². The van der Waals surface area contributed by atoms with E-state index in [-0.39, 0.29) is 11.9 Å². The van der Waals surface area contributed by atoms with Crippen LogP contribution in [0.15, 0.2) is 34.7 Å². The first-order valence-corrected chi connectivity index (χ1v) is 10.2. The molecule has 0 saturated heterocycles. The number of aromatic amines is 1. The Kier molecular flexibility index (Phi) is 4.30. The van der Waals surface area contributed by atoms with Crippen molar-refractivity contribution >= 4 is 16.8 Å². The van der Waals surface area contributed by atoms with E-state index >= 15 is 0 Å². The normalized spacial score (nSPS) is 20.7. The molecule has 2 heterocycles. The van der Waals surface area contributed by atoms with Gasteiger partial charge in [-0.05, 0) is 55.5 Å². The van der Waals surface area contributed by atoms with Gasteiger partial charge in [-0.2, -0.15) is 0 Å². The minimum Gasteiger partial charge on any atom is -0.493 e. The summed E-state index contributed by atoms with van der Waals surface area (Å²) < 4.78 is 16.9. The van der Waals surface area contributed by atoms with Gasteiger partial charge < -0.3 is 23.8 Å². The number of methoxy groups -OCH3 is 2. The van der Waals surface area contributed by atoms with Crippen LogP contribution in [0.5, 0.6) is 11.5 Å². The van der Waals surface area contributed by atoms with Crippen LogP contribution in [0.3, 0.4) is 0 Å². The Hall–Kier alpha value is -2.89. The SMILES string of the molecule is COc1ccc2[nH]c(C(=O)N(Cc3ccc(C4CC4C)o3)C3CC3)cc2c1OC. The van der Waals surface area contributed by atoms with E-state index in [4.69, 9.17) is 13.9 Å². The van der Waals surface area contributed by atoms with Crippen LogP contribution in [0.2, 0.25) is 0 Å². The number of carbonyl (C=O) groups is 1. The molecule has 1 amide bonds. The minimum atomic E-state index is -0.0116. The van der Waals surface area contributed by atoms with Gasteiger partial charge >= 0.3 is 0 Å². The first kappa shape index (κ1) is 18.2. The Bertz CT molecular complexity index is 1060. The van der Waals surface area contributed by atoms with Gasteiger partial charge in [0.15, 0.2) is 11.5 Å². The van der Waals surface area contributed by atoms with E-state index in [0.29, 0.717) is 35.6 Å². The number of aromatic nitrogens is 1. The van der Waals surface area contributed by atoms with Crippen molar-refractivity contribution in [1.82, 2.24) is 9.88 Å². The molecule has 0 spiro atoms. The first-order chi connectivity index (χ1) is 14.1. The van der Waals surface area contributed by atoms with Gasteiger partial charge in [-0.25, -0.2) is 0 Å². The van der Waals surface area contributed by atoms with E-state index in [1.807, 2.05) is 29.2 Å². The number of benzene rings is 1. The predicted octanol–water partition coefficient (Wildman–Crippen LogP) is 4.71. The third-order valence-corrected chi connectivity index (χ3v) is 6.10. The number of fused-ring (bicyclic) bond motifs is 1. The number of nitrogens with one attached hydrogen (secondary N) is 1. The lowest BCUT2D eigenvalue weighted by Gasteiger charge is -2.20. The molecular weight excluding hydrogens is 368 g/mol. The van der Waals surface area contributed by atoms with Crippen molar-refractivity contribution in [2.24, 2.45) is 5.92 Å². The molecule has 1 N–H and O–H groups in total. The maximum atomic E-state index is 13.3. The van der Waals surface area contributed by atoms with Gasteiger partial charge in [0.05, 0.1) is 26.3 Å². The zero-order valence-electron chi connectivity index (χ0n) is 17.0. The van der Waals surface area contributed by atoms with Crippen LogP contribution in [0.4, 0.5) is 0 Å². The lowest BCUT2D eigenvalue weighted by atomic mass is 10.2. The molecule has 2 aromatic heterocycles. The van der Waals surface area contributed by atoms with E-state index in [9.17, 15) is 4.79 Å². The summed E-state index contributed by atoms with van der Waals surface area (Å²) in [7, 11) is 3.22. The van der Waals surface area contributed by atoms with Crippen molar-refractivity contribution in [2.75, 3.05) is 14.2 Å². The van der Waals surface area contributed by atoms with E-state index in [1.165, 1.54) is 6.42 Å². The maximum absolute atomic E-state index is 13.3. The fraction of sp³-hybridized carbons (Fsp3) is 0.435. The molecule has 1 aromatic carbocycles. The molecule has 152 valence electrons. The summed E-state index contributed by atoms with van der Waals surface area (Å²) in [5.41, 5.74) is 1.41. The van der Waals surface area contributed by atoms with E-state index in [1.54, 1.807) is 14.2 Å². The lowest BCUT2D eigenvalue weighted by molar-refractivity contribution is 0.0711. The minimum absolute atomic E-state index is 0.0116.